The Balaban J connectivity index is 7.17. The number of hydrogen-bond donors (Lipinski definition) is 1. The van der Waals surface area contributed by atoms with E-state index in [4.69, 9.17) is 5.11 Å². The van der Waals surface area contributed by atoms with Gasteiger partial charge in [-0.25, -0.2) is 0 Å². The number of rotatable bonds is 11. The summed E-state index contributed by atoms with van der Waals surface area (Å²) in [6, 6.07) is 0. The van der Waals surface area contributed by atoms with Gasteiger partial charge in [-0.1, -0.05) is 0 Å². The predicted octanol–water partition coefficient (Wildman–Crippen LogP) is 7.28. The fourth-order valence-electron chi connectivity index (χ4n) is 2.09. The van der Waals surface area contributed by atoms with Crippen LogP contribution in [0.3, 0.4) is 0 Å². The second-order valence-electron chi connectivity index (χ2n) is 6.85. The Hall–Kier alpha value is -1.65. The van der Waals surface area contributed by atoms with Gasteiger partial charge in [-0.3, -0.25) is 0 Å². The Morgan fingerprint density at radius 3 is 0.676 bits per heavy atom. The molecule has 0 atom stereocenters. The van der Waals surface area contributed by atoms with E-state index in [0.29, 0.717) is 0 Å². The molecule has 224 valence electrons. The molecule has 0 aromatic rings. The van der Waals surface area contributed by atoms with Crippen LogP contribution < -0.4 is 0 Å². The van der Waals surface area contributed by atoms with Gasteiger partial charge in [-0.05, 0) is 0 Å². The van der Waals surface area contributed by atoms with E-state index in [-0.39, 0.29) is 0 Å². The number of hydrogen-bond acceptors (Lipinski definition) is 1. The Morgan fingerprint density at radius 1 is 0.297 bits per heavy atom. The standard InChI is InChI=1S/C13H5F23O/c14-3(15,1-2-37)4(16,17)5(18,19)6(20,21)7(22,23)8(24,25)9(26,27)10(28,29)11(30,31)12(32,33)13(34,35)36/h37H,1-2H2. The molecule has 0 aromatic carbocycles. The van der Waals surface area contributed by atoms with Crippen LogP contribution in [0.4, 0.5) is 101 Å². The van der Waals surface area contributed by atoms with Gasteiger partial charge in [-0.2, -0.15) is 101 Å². The van der Waals surface area contributed by atoms with Crippen molar-refractivity contribution in [1.82, 2.24) is 0 Å². The van der Waals surface area contributed by atoms with Crippen molar-refractivity contribution in [3.63, 3.8) is 0 Å². The average Bonchev–Trinajstić information content (AvgIpc) is 2.65. The first-order chi connectivity index (χ1) is 15.6. The summed E-state index contributed by atoms with van der Waals surface area (Å²) in [7, 11) is 0. The van der Waals surface area contributed by atoms with E-state index in [9.17, 15) is 101 Å². The summed E-state index contributed by atoms with van der Waals surface area (Å²) in [5, 5.41) is 8.01. The van der Waals surface area contributed by atoms with Gasteiger partial charge >= 0.3 is 65.4 Å². The zero-order valence-corrected chi connectivity index (χ0v) is 16.1. The molecule has 0 bridgehead atoms. The number of aliphatic hydroxyl groups excluding tert-OH is 1. The van der Waals surface area contributed by atoms with Gasteiger partial charge in [0.2, 0.25) is 0 Å². The lowest BCUT2D eigenvalue weighted by atomic mass is 9.85. The lowest BCUT2D eigenvalue weighted by Crippen LogP contribution is -2.77. The smallest absolute Gasteiger partial charge is 0.396 e. The van der Waals surface area contributed by atoms with E-state index < -0.39 is 78.4 Å². The largest absolute Gasteiger partial charge is 0.460 e. The van der Waals surface area contributed by atoms with Crippen LogP contribution in [0.2, 0.25) is 0 Å². The average molecular weight is 614 g/mol. The van der Waals surface area contributed by atoms with Crippen LogP contribution in [0.1, 0.15) is 6.42 Å². The van der Waals surface area contributed by atoms with Crippen LogP contribution in [0, 0.1) is 0 Å². The molecule has 0 heterocycles. The van der Waals surface area contributed by atoms with E-state index in [0.717, 1.165) is 0 Å². The fourth-order valence-corrected chi connectivity index (χ4v) is 2.09. The second kappa shape index (κ2) is 8.68. The Morgan fingerprint density at radius 2 is 0.486 bits per heavy atom. The van der Waals surface area contributed by atoms with Crippen molar-refractivity contribution >= 4 is 0 Å². The third kappa shape index (κ3) is 4.22. The highest BCUT2D eigenvalue weighted by Gasteiger charge is 2.98. The summed E-state index contributed by atoms with van der Waals surface area (Å²) in [4.78, 5) is 0. The topological polar surface area (TPSA) is 20.2 Å². The highest BCUT2D eigenvalue weighted by molar-refractivity contribution is 5.18. The Labute approximate surface area is 186 Å². The van der Waals surface area contributed by atoms with Gasteiger partial charge in [0.1, 0.15) is 0 Å². The maximum absolute atomic E-state index is 13.4. The highest BCUT2D eigenvalue weighted by Crippen LogP contribution is 2.67. The molecule has 0 aliphatic carbocycles. The maximum Gasteiger partial charge on any atom is 0.460 e. The third-order valence-corrected chi connectivity index (χ3v) is 4.40. The van der Waals surface area contributed by atoms with Crippen molar-refractivity contribution in [3.05, 3.63) is 0 Å². The van der Waals surface area contributed by atoms with E-state index in [1.54, 1.807) is 0 Å². The van der Waals surface area contributed by atoms with Crippen molar-refractivity contribution in [2.45, 2.75) is 71.8 Å². The highest BCUT2D eigenvalue weighted by atomic mass is 19.4. The summed E-state index contributed by atoms with van der Waals surface area (Å²) in [6.45, 7) is -2.37. The zero-order chi connectivity index (χ0) is 30.9. The van der Waals surface area contributed by atoms with Crippen LogP contribution in [0.25, 0.3) is 0 Å². The molecule has 1 nitrogen and oxygen atoms in total. The van der Waals surface area contributed by atoms with Gasteiger partial charge in [0.05, 0.1) is 0 Å². The lowest BCUT2D eigenvalue weighted by Gasteiger charge is -2.45. The van der Waals surface area contributed by atoms with Crippen LogP contribution in [0.5, 0.6) is 0 Å². The van der Waals surface area contributed by atoms with Crippen LogP contribution >= 0.6 is 0 Å². The molecule has 0 spiro atoms. The Bertz CT molecular complexity index is 819. The number of aliphatic hydroxyl groups is 1. The molecule has 24 heteroatoms. The molecule has 0 unspecified atom stereocenters. The molecule has 0 amide bonds. The fraction of sp³-hybridized carbons (Fsp3) is 1.00. The summed E-state index contributed by atoms with van der Waals surface area (Å²) in [5.41, 5.74) is 0. The first-order valence-electron chi connectivity index (χ1n) is 8.02. The van der Waals surface area contributed by atoms with Crippen molar-refractivity contribution in [2.24, 2.45) is 0 Å². The quantitative estimate of drug-likeness (QED) is 0.243. The monoisotopic (exact) mass is 614 g/mol. The normalized spacial score (nSPS) is 16.9. The molecule has 0 radical (unpaired) electrons. The maximum atomic E-state index is 13.4. The lowest BCUT2D eigenvalue weighted by molar-refractivity contribution is -0.478. The van der Waals surface area contributed by atoms with Gasteiger partial charge in [0, 0.05) is 13.0 Å². The summed E-state index contributed by atoms with van der Waals surface area (Å²) >= 11 is 0. The molecule has 0 rings (SSSR count). The third-order valence-electron chi connectivity index (χ3n) is 4.40. The zero-order valence-electron chi connectivity index (χ0n) is 16.1. The Kier molecular flexibility index (Phi) is 8.29. The first kappa shape index (κ1) is 35.4. The van der Waals surface area contributed by atoms with E-state index in [1.807, 2.05) is 0 Å². The molecular weight excluding hydrogens is 609 g/mol. The van der Waals surface area contributed by atoms with E-state index in [2.05, 4.69) is 0 Å². The SMILES string of the molecule is OCCC(F)(F)C(F)(F)C(F)(F)C(F)(F)C(F)(F)C(F)(F)C(F)(F)C(F)(F)C(F)(F)C(F)(F)C(F)(F)F. The van der Waals surface area contributed by atoms with Crippen LogP contribution in [-0.4, -0.2) is 77.1 Å². The molecule has 1 N–H and O–H groups in total. The van der Waals surface area contributed by atoms with E-state index in [1.165, 1.54) is 0 Å². The minimum absolute atomic E-state index is 2.37. The van der Waals surface area contributed by atoms with Gasteiger partial charge in [0.15, 0.2) is 0 Å². The molecule has 0 aliphatic rings. The minimum atomic E-state index is -9.40. The van der Waals surface area contributed by atoms with Gasteiger partial charge < -0.3 is 5.11 Å². The first-order valence-corrected chi connectivity index (χ1v) is 8.02. The summed E-state index contributed by atoms with van der Waals surface area (Å²) in [5.74, 6) is -87.6. The van der Waals surface area contributed by atoms with Crippen molar-refractivity contribution in [3.8, 4) is 0 Å². The van der Waals surface area contributed by atoms with E-state index >= 15 is 0 Å². The van der Waals surface area contributed by atoms with Crippen LogP contribution in [0.15, 0.2) is 0 Å². The minimum Gasteiger partial charge on any atom is -0.396 e. The molecule has 0 aromatic heterocycles. The van der Waals surface area contributed by atoms with Crippen molar-refractivity contribution in [1.29, 1.82) is 0 Å². The summed E-state index contributed by atoms with van der Waals surface area (Å²) < 4.78 is 300. The molecule has 0 fully saturated rings. The van der Waals surface area contributed by atoms with Crippen molar-refractivity contribution < 1.29 is 106 Å². The predicted molar refractivity (Wildman–Crippen MR) is 67.2 cm³/mol. The molecule has 0 aliphatic heterocycles. The molecule has 0 saturated heterocycles. The number of halogens is 23. The second-order valence-corrected chi connectivity index (χ2v) is 6.85. The van der Waals surface area contributed by atoms with Gasteiger partial charge in [0.25, 0.3) is 0 Å². The molecule has 0 saturated carbocycles. The number of alkyl halides is 23. The van der Waals surface area contributed by atoms with Crippen molar-refractivity contribution in [2.75, 3.05) is 6.61 Å². The van der Waals surface area contributed by atoms with Crippen LogP contribution in [-0.2, 0) is 0 Å². The molecule has 37 heavy (non-hydrogen) atoms. The summed E-state index contributed by atoms with van der Waals surface area (Å²) in [6.07, 6.45) is -11.2. The van der Waals surface area contributed by atoms with Gasteiger partial charge in [-0.15, -0.1) is 0 Å². The molecular formula is C13H5F23O.